The molecule has 1 aliphatic carbocycles. The smallest absolute Gasteiger partial charge is 0.323 e. The van der Waals surface area contributed by atoms with Crippen LogP contribution in [-0.2, 0) is 4.79 Å². The van der Waals surface area contributed by atoms with E-state index in [0.29, 0.717) is 6.42 Å². The lowest BCUT2D eigenvalue weighted by molar-refractivity contribution is -0.140. The lowest BCUT2D eigenvalue weighted by Crippen LogP contribution is -2.35. The minimum atomic E-state index is -0.890. The second kappa shape index (κ2) is 4.60. The van der Waals surface area contributed by atoms with E-state index in [-0.39, 0.29) is 5.92 Å². The lowest BCUT2D eigenvalue weighted by atomic mass is 10.1. The topological polar surface area (TPSA) is 63.3 Å². The van der Waals surface area contributed by atoms with Gasteiger partial charge < -0.3 is 10.8 Å². The Bertz CT molecular complexity index is 227. The first-order valence-electron chi connectivity index (χ1n) is 5.24. The van der Waals surface area contributed by atoms with Gasteiger partial charge in [0.05, 0.1) is 0 Å². The highest BCUT2D eigenvalue weighted by Gasteiger charge is 2.56. The van der Waals surface area contributed by atoms with Crippen LogP contribution in [0.2, 0.25) is 0 Å². The summed E-state index contributed by atoms with van der Waals surface area (Å²) >= 11 is 0. The maximum absolute atomic E-state index is 10.7. The summed E-state index contributed by atoms with van der Waals surface area (Å²) in [6.45, 7) is 3.65. The van der Waals surface area contributed by atoms with Crippen molar-refractivity contribution in [1.29, 1.82) is 0 Å². The van der Waals surface area contributed by atoms with Crippen molar-refractivity contribution in [1.82, 2.24) is 0 Å². The summed E-state index contributed by atoms with van der Waals surface area (Å²) in [5.41, 5.74) is 4.77. The Balaban J connectivity index is 2.05. The van der Waals surface area contributed by atoms with Crippen molar-refractivity contribution >= 4 is 5.97 Å². The van der Waals surface area contributed by atoms with E-state index in [4.69, 9.17) is 10.8 Å². The molecule has 1 rings (SSSR count). The van der Waals surface area contributed by atoms with Crippen molar-refractivity contribution < 1.29 is 9.90 Å². The van der Waals surface area contributed by atoms with Crippen LogP contribution >= 0.6 is 0 Å². The summed E-state index contributed by atoms with van der Waals surface area (Å²) in [5, 5.41) is 8.79. The minimum absolute atomic E-state index is 0.212. The van der Waals surface area contributed by atoms with Crippen LogP contribution in [0.25, 0.3) is 0 Å². The Kier molecular flexibility index (Phi) is 3.69. The molecular formula is C11H19NO2. The quantitative estimate of drug-likeness (QED) is 0.484. The standard InChI is InChI=1S/C11H19NO2/c1-2-3-4-5-6-7-9-8-11(9,12)10(13)14/h2,9H,1,3-8,12H2,(H,13,14)/t9-,11+/m0/s1. The normalized spacial score (nSPS) is 29.9. The fourth-order valence-electron chi connectivity index (χ4n) is 1.83. The SMILES string of the molecule is C=CCCCCC[C@H]1C[C@]1(N)C(=O)O. The summed E-state index contributed by atoms with van der Waals surface area (Å²) < 4.78 is 0. The van der Waals surface area contributed by atoms with Gasteiger partial charge in [-0.05, 0) is 31.6 Å². The lowest BCUT2D eigenvalue weighted by Gasteiger charge is -2.04. The van der Waals surface area contributed by atoms with Gasteiger partial charge in [0, 0.05) is 0 Å². The van der Waals surface area contributed by atoms with E-state index in [1.165, 1.54) is 0 Å². The largest absolute Gasteiger partial charge is 0.480 e. The summed E-state index contributed by atoms with van der Waals surface area (Å²) in [6.07, 6.45) is 7.98. The highest BCUT2D eigenvalue weighted by molar-refractivity contribution is 5.82. The number of rotatable bonds is 7. The Hall–Kier alpha value is -0.830. The Labute approximate surface area is 85.0 Å². The maximum Gasteiger partial charge on any atom is 0.323 e. The van der Waals surface area contributed by atoms with Crippen LogP contribution in [0.5, 0.6) is 0 Å². The molecule has 0 aromatic carbocycles. The molecule has 0 unspecified atom stereocenters. The number of hydrogen-bond acceptors (Lipinski definition) is 2. The van der Waals surface area contributed by atoms with Gasteiger partial charge in [0.2, 0.25) is 0 Å². The molecule has 0 spiro atoms. The van der Waals surface area contributed by atoms with E-state index in [0.717, 1.165) is 32.1 Å². The predicted molar refractivity (Wildman–Crippen MR) is 55.9 cm³/mol. The zero-order valence-electron chi connectivity index (χ0n) is 8.54. The molecule has 0 aliphatic heterocycles. The van der Waals surface area contributed by atoms with E-state index in [1.807, 2.05) is 6.08 Å². The molecular weight excluding hydrogens is 178 g/mol. The summed E-state index contributed by atoms with van der Waals surface area (Å²) in [4.78, 5) is 10.7. The van der Waals surface area contributed by atoms with Gasteiger partial charge in [0.1, 0.15) is 5.54 Å². The number of unbranched alkanes of at least 4 members (excludes halogenated alkanes) is 3. The third kappa shape index (κ3) is 2.58. The van der Waals surface area contributed by atoms with Gasteiger partial charge in [-0.15, -0.1) is 6.58 Å². The third-order valence-corrected chi connectivity index (χ3v) is 3.01. The Morgan fingerprint density at radius 1 is 1.57 bits per heavy atom. The van der Waals surface area contributed by atoms with E-state index < -0.39 is 11.5 Å². The van der Waals surface area contributed by atoms with Gasteiger partial charge in [-0.3, -0.25) is 4.79 Å². The first-order chi connectivity index (χ1) is 6.61. The molecule has 0 heterocycles. The molecule has 0 aromatic heterocycles. The zero-order valence-corrected chi connectivity index (χ0v) is 8.54. The first kappa shape index (κ1) is 11.2. The second-order valence-corrected chi connectivity index (χ2v) is 4.17. The van der Waals surface area contributed by atoms with Crippen LogP contribution in [0.4, 0.5) is 0 Å². The second-order valence-electron chi connectivity index (χ2n) is 4.17. The van der Waals surface area contributed by atoms with Crippen LogP contribution in [0.3, 0.4) is 0 Å². The Morgan fingerprint density at radius 3 is 2.79 bits per heavy atom. The fourth-order valence-corrected chi connectivity index (χ4v) is 1.83. The first-order valence-corrected chi connectivity index (χ1v) is 5.24. The minimum Gasteiger partial charge on any atom is -0.480 e. The number of aliphatic carboxylic acids is 1. The van der Waals surface area contributed by atoms with Crippen LogP contribution < -0.4 is 5.73 Å². The third-order valence-electron chi connectivity index (χ3n) is 3.01. The summed E-state index contributed by atoms with van der Waals surface area (Å²) in [7, 11) is 0. The van der Waals surface area contributed by atoms with E-state index in [1.54, 1.807) is 0 Å². The molecule has 80 valence electrons. The molecule has 3 N–H and O–H groups in total. The van der Waals surface area contributed by atoms with Gasteiger partial charge in [0.25, 0.3) is 0 Å². The number of carboxylic acid groups (broad SMARTS) is 1. The molecule has 1 fully saturated rings. The van der Waals surface area contributed by atoms with E-state index >= 15 is 0 Å². The molecule has 14 heavy (non-hydrogen) atoms. The van der Waals surface area contributed by atoms with Crippen molar-refractivity contribution in [3.63, 3.8) is 0 Å². The van der Waals surface area contributed by atoms with Crippen molar-refractivity contribution in [2.75, 3.05) is 0 Å². The summed E-state index contributed by atoms with van der Waals surface area (Å²) in [6, 6.07) is 0. The molecule has 0 amide bonds. The fraction of sp³-hybridized carbons (Fsp3) is 0.727. The molecule has 0 bridgehead atoms. The van der Waals surface area contributed by atoms with Gasteiger partial charge >= 0.3 is 5.97 Å². The van der Waals surface area contributed by atoms with Crippen molar-refractivity contribution in [2.24, 2.45) is 11.7 Å². The maximum atomic E-state index is 10.7. The molecule has 1 saturated carbocycles. The summed E-state index contributed by atoms with van der Waals surface area (Å²) in [5.74, 6) is -0.627. The van der Waals surface area contributed by atoms with Crippen molar-refractivity contribution in [3.05, 3.63) is 12.7 Å². The molecule has 0 aromatic rings. The molecule has 2 atom stereocenters. The molecule has 3 heteroatoms. The van der Waals surface area contributed by atoms with Crippen LogP contribution in [0.1, 0.15) is 38.5 Å². The number of allylic oxidation sites excluding steroid dienone is 1. The highest BCUT2D eigenvalue weighted by atomic mass is 16.4. The van der Waals surface area contributed by atoms with Gasteiger partial charge in [-0.2, -0.15) is 0 Å². The van der Waals surface area contributed by atoms with E-state index in [9.17, 15) is 4.79 Å². The average molecular weight is 197 g/mol. The van der Waals surface area contributed by atoms with Crippen molar-refractivity contribution in [2.45, 2.75) is 44.1 Å². The van der Waals surface area contributed by atoms with Crippen LogP contribution in [-0.4, -0.2) is 16.6 Å². The Morgan fingerprint density at radius 2 is 2.29 bits per heavy atom. The van der Waals surface area contributed by atoms with Gasteiger partial charge in [-0.25, -0.2) is 0 Å². The van der Waals surface area contributed by atoms with Crippen LogP contribution in [0, 0.1) is 5.92 Å². The average Bonchev–Trinajstić information content (AvgIpc) is 2.79. The number of hydrogen-bond donors (Lipinski definition) is 2. The monoisotopic (exact) mass is 197 g/mol. The number of nitrogens with two attached hydrogens (primary N) is 1. The molecule has 1 aliphatic rings. The van der Waals surface area contributed by atoms with E-state index in [2.05, 4.69) is 6.58 Å². The molecule has 3 nitrogen and oxygen atoms in total. The number of carbonyl (C=O) groups is 1. The number of carboxylic acids is 1. The predicted octanol–water partition coefficient (Wildman–Crippen LogP) is 1.92. The van der Waals surface area contributed by atoms with Gasteiger partial charge in [-0.1, -0.05) is 18.9 Å². The van der Waals surface area contributed by atoms with Gasteiger partial charge in [0.15, 0.2) is 0 Å². The molecule has 0 saturated heterocycles. The van der Waals surface area contributed by atoms with Crippen LogP contribution in [0.15, 0.2) is 12.7 Å². The zero-order chi connectivity index (χ0) is 10.6. The molecule has 0 radical (unpaired) electrons. The highest BCUT2D eigenvalue weighted by Crippen LogP contribution is 2.44. The van der Waals surface area contributed by atoms with Crippen molar-refractivity contribution in [3.8, 4) is 0 Å².